The molecule has 29 heavy (non-hydrogen) atoms. The number of amides is 1. The standard InChI is InChI=1S/C23H28ClNO4/c1-25-23(28)10-5-3-2-4-9-21-17(12-14-22(21)27)11-13-19(26)16-29-20-8-6-7-18(24)15-20/h2,4,6-8,11-15,17,19,21,26H,3,5,9-10,16H2,1H3,(H,25,28)/b4-2-,13-11+/t17-,19+,21+/m0/s1. The van der Waals surface area contributed by atoms with Gasteiger partial charge in [-0.25, -0.2) is 0 Å². The van der Waals surface area contributed by atoms with Crippen LogP contribution in [-0.2, 0) is 9.59 Å². The van der Waals surface area contributed by atoms with Crippen LogP contribution in [0, 0.1) is 11.8 Å². The van der Waals surface area contributed by atoms with Crippen LogP contribution < -0.4 is 10.1 Å². The van der Waals surface area contributed by atoms with Crippen LogP contribution in [-0.4, -0.2) is 36.6 Å². The lowest BCUT2D eigenvalue weighted by molar-refractivity contribution is -0.120. The average Bonchev–Trinajstić information content (AvgIpc) is 3.06. The zero-order valence-corrected chi connectivity index (χ0v) is 17.3. The zero-order chi connectivity index (χ0) is 21.1. The van der Waals surface area contributed by atoms with E-state index in [4.69, 9.17) is 16.3 Å². The molecule has 0 spiro atoms. The van der Waals surface area contributed by atoms with Crippen LogP contribution in [0.25, 0.3) is 0 Å². The number of ketones is 1. The quantitative estimate of drug-likeness (QED) is 0.423. The van der Waals surface area contributed by atoms with Crippen molar-refractivity contribution in [3.63, 3.8) is 0 Å². The van der Waals surface area contributed by atoms with Crippen molar-refractivity contribution >= 4 is 23.3 Å². The number of aliphatic hydroxyl groups excluding tert-OH is 1. The Hall–Kier alpha value is -2.37. The molecule has 0 fully saturated rings. The highest BCUT2D eigenvalue weighted by Gasteiger charge is 2.27. The Balaban J connectivity index is 1.76. The van der Waals surface area contributed by atoms with E-state index in [0.717, 1.165) is 12.8 Å². The molecule has 156 valence electrons. The van der Waals surface area contributed by atoms with Gasteiger partial charge in [0.1, 0.15) is 18.5 Å². The number of rotatable bonds is 11. The highest BCUT2D eigenvalue weighted by Crippen LogP contribution is 2.27. The number of unbranched alkanes of at least 4 members (excludes halogenated alkanes) is 1. The second kappa shape index (κ2) is 12.2. The van der Waals surface area contributed by atoms with Gasteiger partial charge in [0.2, 0.25) is 5.91 Å². The van der Waals surface area contributed by atoms with E-state index in [1.54, 1.807) is 43.5 Å². The van der Waals surface area contributed by atoms with Crippen LogP contribution in [0.5, 0.6) is 5.75 Å². The van der Waals surface area contributed by atoms with E-state index in [2.05, 4.69) is 5.32 Å². The molecule has 5 nitrogen and oxygen atoms in total. The van der Waals surface area contributed by atoms with Crippen LogP contribution in [0.2, 0.25) is 5.02 Å². The van der Waals surface area contributed by atoms with Crippen molar-refractivity contribution in [2.24, 2.45) is 11.8 Å². The van der Waals surface area contributed by atoms with Crippen molar-refractivity contribution < 1.29 is 19.4 Å². The molecule has 0 saturated heterocycles. The Bertz CT molecular complexity index is 772. The highest BCUT2D eigenvalue weighted by atomic mass is 35.5. The molecule has 0 heterocycles. The van der Waals surface area contributed by atoms with Gasteiger partial charge >= 0.3 is 0 Å². The minimum absolute atomic E-state index is 0.0386. The number of ether oxygens (including phenoxy) is 1. The highest BCUT2D eigenvalue weighted by molar-refractivity contribution is 6.30. The maximum Gasteiger partial charge on any atom is 0.219 e. The van der Waals surface area contributed by atoms with Crippen molar-refractivity contribution in [1.29, 1.82) is 0 Å². The topological polar surface area (TPSA) is 75.6 Å². The molecule has 1 aliphatic carbocycles. The summed E-state index contributed by atoms with van der Waals surface area (Å²) >= 11 is 5.91. The number of halogens is 1. The van der Waals surface area contributed by atoms with Gasteiger partial charge in [-0.15, -0.1) is 0 Å². The predicted octanol–water partition coefficient (Wildman–Crippen LogP) is 3.87. The molecule has 1 aromatic rings. The predicted molar refractivity (Wildman–Crippen MR) is 115 cm³/mol. The molecule has 2 rings (SSSR count). The number of allylic oxidation sites excluding steroid dienone is 5. The van der Waals surface area contributed by atoms with Crippen molar-refractivity contribution in [2.75, 3.05) is 13.7 Å². The Morgan fingerprint density at radius 3 is 2.97 bits per heavy atom. The lowest BCUT2D eigenvalue weighted by Gasteiger charge is -2.14. The van der Waals surface area contributed by atoms with E-state index in [0.29, 0.717) is 23.6 Å². The van der Waals surface area contributed by atoms with Gasteiger partial charge in [-0.1, -0.05) is 48.0 Å². The first-order valence-electron chi connectivity index (χ1n) is 9.82. The Labute approximate surface area is 177 Å². The normalized spacial score (nSPS) is 19.9. The molecule has 1 aromatic carbocycles. The number of hydrogen-bond acceptors (Lipinski definition) is 4. The molecular weight excluding hydrogens is 390 g/mol. The molecule has 1 amide bonds. The fraction of sp³-hybridized carbons (Fsp3) is 0.391. The third-order valence-corrected chi connectivity index (χ3v) is 4.93. The third-order valence-electron chi connectivity index (χ3n) is 4.70. The third kappa shape index (κ3) is 8.26. The van der Waals surface area contributed by atoms with Crippen molar-refractivity contribution in [3.8, 4) is 5.75 Å². The Morgan fingerprint density at radius 1 is 1.38 bits per heavy atom. The van der Waals surface area contributed by atoms with Crippen molar-refractivity contribution in [3.05, 3.63) is 65.7 Å². The summed E-state index contributed by atoms with van der Waals surface area (Å²) in [7, 11) is 1.63. The SMILES string of the molecule is CNC(=O)CCC/C=C\C[C@H]1C(=O)C=C[C@@H]1/C=C/[C@@H](O)COc1cccc(Cl)c1. The molecule has 0 saturated carbocycles. The van der Waals surface area contributed by atoms with Crippen LogP contribution in [0.1, 0.15) is 25.7 Å². The monoisotopic (exact) mass is 417 g/mol. The number of nitrogens with one attached hydrogen (secondary N) is 1. The minimum atomic E-state index is -0.779. The number of carbonyl (C=O) groups is 2. The molecule has 0 bridgehead atoms. The van der Waals surface area contributed by atoms with Crippen molar-refractivity contribution in [2.45, 2.75) is 31.8 Å². The molecule has 0 aromatic heterocycles. The van der Waals surface area contributed by atoms with Crippen LogP contribution in [0.3, 0.4) is 0 Å². The summed E-state index contributed by atoms with van der Waals surface area (Å²) in [5.74, 6) is 0.539. The molecule has 3 atom stereocenters. The van der Waals surface area contributed by atoms with E-state index in [-0.39, 0.29) is 30.1 Å². The second-order valence-electron chi connectivity index (χ2n) is 6.94. The first-order chi connectivity index (χ1) is 14.0. The average molecular weight is 418 g/mol. The molecule has 1 aliphatic rings. The van der Waals surface area contributed by atoms with Gasteiger partial charge in [-0.05, 0) is 43.5 Å². The number of hydrogen-bond donors (Lipinski definition) is 2. The first-order valence-corrected chi connectivity index (χ1v) is 10.2. The fourth-order valence-corrected chi connectivity index (χ4v) is 3.22. The van der Waals surface area contributed by atoms with Gasteiger partial charge < -0.3 is 15.2 Å². The smallest absolute Gasteiger partial charge is 0.219 e. The van der Waals surface area contributed by atoms with Gasteiger partial charge in [0.05, 0.1) is 0 Å². The fourth-order valence-electron chi connectivity index (χ4n) is 3.04. The van der Waals surface area contributed by atoms with E-state index in [9.17, 15) is 14.7 Å². The van der Waals surface area contributed by atoms with Gasteiger partial charge in [0.15, 0.2) is 5.78 Å². The molecule has 6 heteroatoms. The van der Waals surface area contributed by atoms with Crippen LogP contribution >= 0.6 is 11.6 Å². The maximum atomic E-state index is 12.1. The van der Waals surface area contributed by atoms with Gasteiger partial charge in [-0.2, -0.15) is 0 Å². The minimum Gasteiger partial charge on any atom is -0.491 e. The number of carbonyl (C=O) groups excluding carboxylic acids is 2. The van der Waals surface area contributed by atoms with E-state index < -0.39 is 6.10 Å². The van der Waals surface area contributed by atoms with Crippen molar-refractivity contribution in [1.82, 2.24) is 5.32 Å². The molecule has 0 unspecified atom stereocenters. The van der Waals surface area contributed by atoms with E-state index in [1.165, 1.54) is 0 Å². The molecule has 0 radical (unpaired) electrons. The van der Waals surface area contributed by atoms with Gasteiger partial charge in [0, 0.05) is 30.3 Å². The summed E-state index contributed by atoms with van der Waals surface area (Å²) in [6, 6.07) is 7.00. The number of aliphatic hydroxyl groups is 1. The zero-order valence-electron chi connectivity index (χ0n) is 16.6. The summed E-state index contributed by atoms with van der Waals surface area (Å²) in [5, 5.41) is 13.3. The summed E-state index contributed by atoms with van der Waals surface area (Å²) < 4.78 is 5.53. The number of benzene rings is 1. The van der Waals surface area contributed by atoms with E-state index >= 15 is 0 Å². The first kappa shape index (κ1) is 22.9. The Kier molecular flexibility index (Phi) is 9.68. The summed E-state index contributed by atoms with van der Waals surface area (Å²) in [6.45, 7) is 0.108. The summed E-state index contributed by atoms with van der Waals surface area (Å²) in [4.78, 5) is 23.3. The maximum absolute atomic E-state index is 12.1. The largest absolute Gasteiger partial charge is 0.491 e. The Morgan fingerprint density at radius 2 is 2.21 bits per heavy atom. The van der Waals surface area contributed by atoms with Crippen LogP contribution in [0.4, 0.5) is 0 Å². The second-order valence-corrected chi connectivity index (χ2v) is 7.37. The van der Waals surface area contributed by atoms with Gasteiger partial charge in [-0.3, -0.25) is 9.59 Å². The molecule has 0 aliphatic heterocycles. The van der Waals surface area contributed by atoms with Crippen LogP contribution in [0.15, 0.2) is 60.7 Å². The summed E-state index contributed by atoms with van der Waals surface area (Å²) in [6.07, 6.45) is 13.0. The lowest BCUT2D eigenvalue weighted by atomic mass is 9.90. The van der Waals surface area contributed by atoms with E-state index in [1.807, 2.05) is 24.3 Å². The van der Waals surface area contributed by atoms with Gasteiger partial charge in [0.25, 0.3) is 0 Å². The summed E-state index contributed by atoms with van der Waals surface area (Å²) in [5.41, 5.74) is 0. The molecule has 2 N–H and O–H groups in total. The lowest BCUT2D eigenvalue weighted by Crippen LogP contribution is -2.17. The molecular formula is C23H28ClNO4.